The van der Waals surface area contributed by atoms with Gasteiger partial charge in [-0.2, -0.15) is 0 Å². The SMILES string of the molecule is Fc1ccc(-c2nnc(CCl)n2C2CC2)c(Br)c1. The summed E-state index contributed by atoms with van der Waals surface area (Å²) in [6, 6.07) is 5.00. The average molecular weight is 331 g/mol. The van der Waals surface area contributed by atoms with Crippen molar-refractivity contribution in [3.05, 3.63) is 34.3 Å². The number of benzene rings is 1. The molecular formula is C12H10BrClFN3. The Labute approximate surface area is 117 Å². The van der Waals surface area contributed by atoms with E-state index in [0.29, 0.717) is 16.4 Å². The molecule has 0 radical (unpaired) electrons. The lowest BCUT2D eigenvalue weighted by Gasteiger charge is -2.09. The molecule has 2 aromatic rings. The predicted octanol–water partition coefficient (Wildman–Crippen LogP) is 3.92. The van der Waals surface area contributed by atoms with E-state index in [9.17, 15) is 4.39 Å². The zero-order valence-electron chi connectivity index (χ0n) is 9.41. The summed E-state index contributed by atoms with van der Waals surface area (Å²) in [6.45, 7) is 0. The van der Waals surface area contributed by atoms with E-state index in [1.54, 1.807) is 6.07 Å². The third-order valence-electron chi connectivity index (χ3n) is 2.97. The molecule has 1 aromatic carbocycles. The zero-order valence-corrected chi connectivity index (χ0v) is 11.7. The molecule has 94 valence electrons. The molecule has 0 saturated heterocycles. The predicted molar refractivity (Wildman–Crippen MR) is 70.9 cm³/mol. The highest BCUT2D eigenvalue weighted by atomic mass is 79.9. The van der Waals surface area contributed by atoms with Crippen molar-refractivity contribution in [2.45, 2.75) is 24.8 Å². The smallest absolute Gasteiger partial charge is 0.165 e. The van der Waals surface area contributed by atoms with E-state index in [-0.39, 0.29) is 5.82 Å². The van der Waals surface area contributed by atoms with Gasteiger partial charge in [0.05, 0.1) is 5.88 Å². The highest BCUT2D eigenvalue weighted by molar-refractivity contribution is 9.10. The van der Waals surface area contributed by atoms with Crippen molar-refractivity contribution in [3.63, 3.8) is 0 Å². The molecule has 0 spiro atoms. The number of rotatable bonds is 3. The maximum Gasteiger partial charge on any atom is 0.165 e. The van der Waals surface area contributed by atoms with Crippen molar-refractivity contribution >= 4 is 27.5 Å². The van der Waals surface area contributed by atoms with E-state index in [1.807, 2.05) is 0 Å². The topological polar surface area (TPSA) is 30.7 Å². The number of halogens is 3. The number of hydrogen-bond donors (Lipinski definition) is 0. The summed E-state index contributed by atoms with van der Waals surface area (Å²) in [5.74, 6) is 1.58. The molecule has 3 nitrogen and oxygen atoms in total. The highest BCUT2D eigenvalue weighted by Crippen LogP contribution is 2.40. The van der Waals surface area contributed by atoms with Gasteiger partial charge in [-0.1, -0.05) is 0 Å². The van der Waals surface area contributed by atoms with Crippen LogP contribution in [0.2, 0.25) is 0 Å². The summed E-state index contributed by atoms with van der Waals surface area (Å²) in [7, 11) is 0. The minimum absolute atomic E-state index is 0.277. The molecule has 0 aliphatic heterocycles. The Balaban J connectivity index is 2.13. The van der Waals surface area contributed by atoms with Crippen molar-refractivity contribution in [3.8, 4) is 11.4 Å². The van der Waals surface area contributed by atoms with E-state index >= 15 is 0 Å². The van der Waals surface area contributed by atoms with Crippen molar-refractivity contribution in [2.24, 2.45) is 0 Å². The molecule has 18 heavy (non-hydrogen) atoms. The minimum Gasteiger partial charge on any atom is -0.307 e. The van der Waals surface area contributed by atoms with Gasteiger partial charge in [0.2, 0.25) is 0 Å². The molecule has 1 saturated carbocycles. The van der Waals surface area contributed by atoms with E-state index < -0.39 is 0 Å². The lowest BCUT2D eigenvalue weighted by molar-refractivity contribution is 0.627. The van der Waals surface area contributed by atoms with Gasteiger partial charge >= 0.3 is 0 Å². The fourth-order valence-electron chi connectivity index (χ4n) is 1.99. The molecule has 3 rings (SSSR count). The first-order chi connectivity index (χ1) is 8.70. The molecule has 1 heterocycles. The van der Waals surface area contributed by atoms with Crippen LogP contribution in [-0.4, -0.2) is 14.8 Å². The van der Waals surface area contributed by atoms with E-state index in [0.717, 1.165) is 30.1 Å². The van der Waals surface area contributed by atoms with Crippen molar-refractivity contribution in [1.29, 1.82) is 0 Å². The van der Waals surface area contributed by atoms with Crippen LogP contribution >= 0.6 is 27.5 Å². The van der Waals surface area contributed by atoms with Crippen molar-refractivity contribution in [1.82, 2.24) is 14.8 Å². The fraction of sp³-hybridized carbons (Fsp3) is 0.333. The third-order valence-corrected chi connectivity index (χ3v) is 3.87. The van der Waals surface area contributed by atoms with Crippen LogP contribution in [0, 0.1) is 5.82 Å². The van der Waals surface area contributed by atoms with Crippen molar-refractivity contribution < 1.29 is 4.39 Å². The number of nitrogens with zero attached hydrogens (tertiary/aromatic N) is 3. The first-order valence-electron chi connectivity index (χ1n) is 5.66. The molecule has 1 fully saturated rings. The Hall–Kier alpha value is -0.940. The Bertz CT molecular complexity index is 595. The monoisotopic (exact) mass is 329 g/mol. The molecule has 1 aromatic heterocycles. The standard InChI is InChI=1S/C12H10BrClFN3/c13-10-5-7(15)1-4-9(10)12-17-16-11(6-14)18(12)8-2-3-8/h1,4-5,8H,2-3,6H2. The summed E-state index contributed by atoms with van der Waals surface area (Å²) in [5.41, 5.74) is 0.840. The lowest BCUT2D eigenvalue weighted by atomic mass is 10.2. The largest absolute Gasteiger partial charge is 0.307 e. The van der Waals surface area contributed by atoms with Crippen LogP contribution < -0.4 is 0 Å². The Kier molecular flexibility index (Phi) is 3.11. The molecule has 0 bridgehead atoms. The summed E-state index contributed by atoms with van der Waals surface area (Å²) in [4.78, 5) is 0. The second kappa shape index (κ2) is 4.63. The highest BCUT2D eigenvalue weighted by Gasteiger charge is 2.30. The number of alkyl halides is 1. The van der Waals surface area contributed by atoms with Gasteiger partial charge in [-0.3, -0.25) is 0 Å². The quantitative estimate of drug-likeness (QED) is 0.799. The molecule has 0 N–H and O–H groups in total. The number of hydrogen-bond acceptors (Lipinski definition) is 2. The van der Waals surface area contributed by atoms with Crippen molar-refractivity contribution in [2.75, 3.05) is 0 Å². The van der Waals surface area contributed by atoms with Gasteiger partial charge in [-0.15, -0.1) is 21.8 Å². The Morgan fingerprint density at radius 1 is 1.39 bits per heavy atom. The van der Waals surface area contributed by atoms with Crippen LogP contribution in [0.1, 0.15) is 24.7 Å². The van der Waals surface area contributed by atoms with Gasteiger partial charge in [-0.05, 0) is 47.0 Å². The summed E-state index contributed by atoms with van der Waals surface area (Å²) >= 11 is 9.24. The normalized spacial score (nSPS) is 15.1. The number of aromatic nitrogens is 3. The second-order valence-corrected chi connectivity index (χ2v) is 5.42. The molecule has 1 aliphatic rings. The van der Waals surface area contributed by atoms with Gasteiger partial charge in [0.25, 0.3) is 0 Å². The van der Waals surface area contributed by atoms with E-state index in [2.05, 4.69) is 30.7 Å². The van der Waals surface area contributed by atoms with Crippen LogP contribution in [-0.2, 0) is 5.88 Å². The van der Waals surface area contributed by atoms with Gasteiger partial charge in [0, 0.05) is 16.1 Å². The van der Waals surface area contributed by atoms with Gasteiger partial charge < -0.3 is 4.57 Å². The van der Waals surface area contributed by atoms with Crippen LogP contribution in [0.15, 0.2) is 22.7 Å². The first kappa shape index (κ1) is 12.1. The average Bonchev–Trinajstić information content (AvgIpc) is 3.09. The third kappa shape index (κ3) is 2.06. The summed E-state index contributed by atoms with van der Waals surface area (Å²) in [6.07, 6.45) is 2.24. The maximum absolute atomic E-state index is 13.1. The molecule has 6 heteroatoms. The van der Waals surface area contributed by atoms with Crippen LogP contribution in [0.5, 0.6) is 0 Å². The maximum atomic E-state index is 13.1. The molecule has 1 aliphatic carbocycles. The van der Waals surface area contributed by atoms with Crippen LogP contribution in [0.3, 0.4) is 0 Å². The second-order valence-electron chi connectivity index (χ2n) is 4.30. The first-order valence-corrected chi connectivity index (χ1v) is 6.98. The van der Waals surface area contributed by atoms with Crippen LogP contribution in [0.4, 0.5) is 4.39 Å². The van der Waals surface area contributed by atoms with Gasteiger partial charge in [0.15, 0.2) is 5.82 Å². The van der Waals surface area contributed by atoms with Gasteiger partial charge in [-0.25, -0.2) is 4.39 Å². The Morgan fingerprint density at radius 3 is 2.78 bits per heavy atom. The summed E-state index contributed by atoms with van der Waals surface area (Å²) in [5, 5.41) is 8.29. The minimum atomic E-state index is -0.277. The lowest BCUT2D eigenvalue weighted by Crippen LogP contribution is -2.02. The van der Waals surface area contributed by atoms with E-state index in [1.165, 1.54) is 12.1 Å². The Morgan fingerprint density at radius 2 is 2.17 bits per heavy atom. The molecular weight excluding hydrogens is 321 g/mol. The van der Waals surface area contributed by atoms with Crippen LogP contribution in [0.25, 0.3) is 11.4 Å². The zero-order chi connectivity index (χ0) is 12.7. The summed E-state index contributed by atoms with van der Waals surface area (Å²) < 4.78 is 15.9. The fourth-order valence-corrected chi connectivity index (χ4v) is 2.70. The van der Waals surface area contributed by atoms with Gasteiger partial charge in [0.1, 0.15) is 11.6 Å². The molecule has 0 atom stereocenters. The van der Waals surface area contributed by atoms with E-state index in [4.69, 9.17) is 11.6 Å². The molecule has 0 unspecified atom stereocenters. The molecule has 0 amide bonds.